The number of hydrogen-bond acceptors (Lipinski definition) is 3. The summed E-state index contributed by atoms with van der Waals surface area (Å²) in [7, 11) is 0. The van der Waals surface area contributed by atoms with Crippen LogP contribution < -0.4 is 10.9 Å². The van der Waals surface area contributed by atoms with E-state index >= 15 is 0 Å². The van der Waals surface area contributed by atoms with Crippen molar-refractivity contribution < 1.29 is 0 Å². The zero-order valence-electron chi connectivity index (χ0n) is 10.8. The number of nitrogens with one attached hydrogen (secondary N) is 1. The molecule has 0 unspecified atom stereocenters. The first-order chi connectivity index (χ1) is 9.20. The van der Waals surface area contributed by atoms with Gasteiger partial charge in [0.15, 0.2) is 0 Å². The highest BCUT2D eigenvalue weighted by molar-refractivity contribution is 9.10. The third-order valence-electron chi connectivity index (χ3n) is 2.67. The van der Waals surface area contributed by atoms with Gasteiger partial charge < -0.3 is 9.88 Å². The maximum absolute atomic E-state index is 11.9. The van der Waals surface area contributed by atoms with E-state index in [0.29, 0.717) is 11.0 Å². The topological polar surface area (TPSA) is 46.9 Å². The Labute approximate surface area is 120 Å². The molecule has 2 aromatic heterocycles. The normalized spacial score (nSPS) is 10.4. The fourth-order valence-corrected chi connectivity index (χ4v) is 2.11. The van der Waals surface area contributed by atoms with Gasteiger partial charge in [0.25, 0.3) is 5.56 Å². The van der Waals surface area contributed by atoms with Crippen molar-refractivity contribution in [1.82, 2.24) is 9.55 Å². The van der Waals surface area contributed by atoms with Crippen LogP contribution in [0.25, 0.3) is 0 Å². The largest absolute Gasteiger partial charge is 0.370 e. The molecule has 0 aliphatic rings. The Morgan fingerprint density at radius 3 is 2.95 bits per heavy atom. The van der Waals surface area contributed by atoms with E-state index in [9.17, 15) is 4.79 Å². The van der Waals surface area contributed by atoms with E-state index in [1.165, 1.54) is 0 Å². The molecule has 0 radical (unpaired) electrons. The average Bonchev–Trinajstić information content (AvgIpc) is 2.42. The second-order valence-corrected chi connectivity index (χ2v) is 5.08. The summed E-state index contributed by atoms with van der Waals surface area (Å²) in [5.74, 6) is 0.849. The first kappa shape index (κ1) is 13.8. The lowest BCUT2D eigenvalue weighted by Crippen LogP contribution is -2.20. The summed E-state index contributed by atoms with van der Waals surface area (Å²) in [4.78, 5) is 16.4. The predicted molar refractivity (Wildman–Crippen MR) is 80.5 cm³/mol. The molecule has 2 rings (SSSR count). The molecule has 1 N–H and O–H groups in total. The Morgan fingerprint density at radius 2 is 2.16 bits per heavy atom. The molecule has 0 aromatic carbocycles. The SMILES string of the molecule is CCCNc1cccc(Cn2cccc(Br)c2=O)n1. The summed E-state index contributed by atoms with van der Waals surface area (Å²) < 4.78 is 2.20. The van der Waals surface area contributed by atoms with E-state index in [1.807, 2.05) is 24.3 Å². The van der Waals surface area contributed by atoms with Crippen LogP contribution in [0.4, 0.5) is 5.82 Å². The molecule has 19 heavy (non-hydrogen) atoms. The third kappa shape index (κ3) is 3.67. The van der Waals surface area contributed by atoms with Crippen molar-refractivity contribution >= 4 is 21.7 Å². The number of nitrogens with zero attached hydrogens (tertiary/aromatic N) is 2. The summed E-state index contributed by atoms with van der Waals surface area (Å²) >= 11 is 3.24. The lowest BCUT2D eigenvalue weighted by molar-refractivity contribution is 0.736. The number of anilines is 1. The first-order valence-corrected chi connectivity index (χ1v) is 7.04. The highest BCUT2D eigenvalue weighted by Crippen LogP contribution is 2.07. The number of hydrogen-bond donors (Lipinski definition) is 1. The van der Waals surface area contributed by atoms with Crippen LogP contribution in [0.2, 0.25) is 0 Å². The van der Waals surface area contributed by atoms with Gasteiger partial charge in [-0.3, -0.25) is 4.79 Å². The van der Waals surface area contributed by atoms with Gasteiger partial charge in [0, 0.05) is 12.7 Å². The molecule has 0 atom stereocenters. The van der Waals surface area contributed by atoms with E-state index < -0.39 is 0 Å². The molecular weight excluding hydrogens is 306 g/mol. The molecule has 100 valence electrons. The molecule has 0 saturated heterocycles. The van der Waals surface area contributed by atoms with Crippen molar-refractivity contribution in [3.05, 3.63) is 57.0 Å². The van der Waals surface area contributed by atoms with Gasteiger partial charge in [-0.2, -0.15) is 0 Å². The van der Waals surface area contributed by atoms with Crippen LogP contribution in [0.3, 0.4) is 0 Å². The molecule has 2 aromatic rings. The third-order valence-corrected chi connectivity index (χ3v) is 3.27. The molecular formula is C14H16BrN3O. The summed E-state index contributed by atoms with van der Waals surface area (Å²) in [6.07, 6.45) is 2.82. The quantitative estimate of drug-likeness (QED) is 0.921. The van der Waals surface area contributed by atoms with Crippen molar-refractivity contribution in [3.63, 3.8) is 0 Å². The molecule has 0 amide bonds. The maximum atomic E-state index is 11.9. The van der Waals surface area contributed by atoms with E-state index in [4.69, 9.17) is 0 Å². The molecule has 5 heteroatoms. The summed E-state index contributed by atoms with van der Waals surface area (Å²) in [5, 5.41) is 3.24. The molecule has 4 nitrogen and oxygen atoms in total. The second-order valence-electron chi connectivity index (χ2n) is 4.23. The van der Waals surface area contributed by atoms with Gasteiger partial charge in [-0.05, 0) is 46.6 Å². The summed E-state index contributed by atoms with van der Waals surface area (Å²) in [5.41, 5.74) is 0.817. The van der Waals surface area contributed by atoms with Crippen LogP contribution in [-0.2, 0) is 6.54 Å². The lowest BCUT2D eigenvalue weighted by Gasteiger charge is -2.08. The monoisotopic (exact) mass is 321 g/mol. The standard InChI is InChI=1S/C14H16BrN3O/c1-2-8-16-13-7-3-5-11(17-13)10-18-9-4-6-12(15)14(18)19/h3-7,9H,2,8,10H2,1H3,(H,16,17). The molecule has 0 saturated carbocycles. The maximum Gasteiger partial charge on any atom is 0.265 e. The highest BCUT2D eigenvalue weighted by atomic mass is 79.9. The van der Waals surface area contributed by atoms with E-state index in [0.717, 1.165) is 24.5 Å². The summed E-state index contributed by atoms with van der Waals surface area (Å²) in [6, 6.07) is 9.38. The Morgan fingerprint density at radius 1 is 1.32 bits per heavy atom. The van der Waals surface area contributed by atoms with Gasteiger partial charge in [-0.15, -0.1) is 0 Å². The van der Waals surface area contributed by atoms with Gasteiger partial charge in [-0.1, -0.05) is 13.0 Å². The van der Waals surface area contributed by atoms with Crippen molar-refractivity contribution in [2.24, 2.45) is 0 Å². The minimum absolute atomic E-state index is 0.0452. The van der Waals surface area contributed by atoms with Crippen LogP contribution >= 0.6 is 15.9 Å². The Balaban J connectivity index is 2.19. The molecule has 0 spiro atoms. The van der Waals surface area contributed by atoms with Gasteiger partial charge in [0.1, 0.15) is 5.82 Å². The Kier molecular flexibility index (Phi) is 4.74. The van der Waals surface area contributed by atoms with E-state index in [1.54, 1.807) is 16.8 Å². The minimum Gasteiger partial charge on any atom is -0.370 e. The number of pyridine rings is 2. The van der Waals surface area contributed by atoms with Crippen LogP contribution in [0.5, 0.6) is 0 Å². The summed E-state index contributed by atoms with van der Waals surface area (Å²) in [6.45, 7) is 3.48. The zero-order valence-corrected chi connectivity index (χ0v) is 12.4. The molecule has 2 heterocycles. The van der Waals surface area contributed by atoms with E-state index in [-0.39, 0.29) is 5.56 Å². The number of aromatic nitrogens is 2. The molecule has 0 aliphatic carbocycles. The van der Waals surface area contributed by atoms with Crippen LogP contribution in [0.1, 0.15) is 19.0 Å². The zero-order chi connectivity index (χ0) is 13.7. The van der Waals surface area contributed by atoms with Gasteiger partial charge >= 0.3 is 0 Å². The fourth-order valence-electron chi connectivity index (χ4n) is 1.73. The van der Waals surface area contributed by atoms with Gasteiger partial charge in [0.2, 0.25) is 0 Å². The number of halogens is 1. The van der Waals surface area contributed by atoms with E-state index in [2.05, 4.69) is 33.2 Å². The molecule has 0 fully saturated rings. The molecule has 0 aliphatic heterocycles. The second kappa shape index (κ2) is 6.52. The van der Waals surface area contributed by atoms with Gasteiger partial charge in [-0.25, -0.2) is 4.98 Å². The smallest absolute Gasteiger partial charge is 0.265 e. The van der Waals surface area contributed by atoms with Crippen molar-refractivity contribution in [3.8, 4) is 0 Å². The van der Waals surface area contributed by atoms with Crippen molar-refractivity contribution in [1.29, 1.82) is 0 Å². The fraction of sp³-hybridized carbons (Fsp3) is 0.286. The van der Waals surface area contributed by atoms with Gasteiger partial charge in [0.05, 0.1) is 16.7 Å². The number of rotatable bonds is 5. The first-order valence-electron chi connectivity index (χ1n) is 6.25. The highest BCUT2D eigenvalue weighted by Gasteiger charge is 2.02. The predicted octanol–water partition coefficient (Wildman–Crippen LogP) is 2.88. The average molecular weight is 322 g/mol. The lowest BCUT2D eigenvalue weighted by atomic mass is 10.3. The Hall–Kier alpha value is -1.62. The van der Waals surface area contributed by atoms with Crippen LogP contribution in [0, 0.1) is 0 Å². The van der Waals surface area contributed by atoms with Crippen molar-refractivity contribution in [2.45, 2.75) is 19.9 Å². The minimum atomic E-state index is -0.0452. The Bertz CT molecular complexity index is 610. The van der Waals surface area contributed by atoms with Crippen molar-refractivity contribution in [2.75, 3.05) is 11.9 Å². The van der Waals surface area contributed by atoms with Crippen LogP contribution in [-0.4, -0.2) is 16.1 Å². The van der Waals surface area contributed by atoms with Crippen LogP contribution in [0.15, 0.2) is 45.8 Å². The molecule has 0 bridgehead atoms.